The molecule has 0 radical (unpaired) electrons. The highest BCUT2D eigenvalue weighted by atomic mass is 16.5. The van der Waals surface area contributed by atoms with Crippen molar-refractivity contribution in [3.63, 3.8) is 0 Å². The number of carboxylic acids is 1. The zero-order valence-electron chi connectivity index (χ0n) is 14.9. The Kier molecular flexibility index (Phi) is 7.91. The van der Waals surface area contributed by atoms with E-state index < -0.39 is 30.1 Å². The molecule has 1 aromatic rings. The molecule has 0 aromatic heterocycles. The average Bonchev–Trinajstić information content (AvgIpc) is 2.55. The van der Waals surface area contributed by atoms with Gasteiger partial charge in [0.15, 0.2) is 0 Å². The monoisotopic (exact) mass is 349 g/mol. The minimum absolute atomic E-state index is 0.0762. The lowest BCUT2D eigenvalue weighted by Gasteiger charge is -2.27. The Balaban J connectivity index is 2.64. The fourth-order valence-electron chi connectivity index (χ4n) is 2.17. The van der Waals surface area contributed by atoms with E-state index in [9.17, 15) is 19.5 Å². The number of hydrogen-bond acceptors (Lipinski definition) is 5. The largest absolute Gasteiger partial charge is 0.548 e. The van der Waals surface area contributed by atoms with Gasteiger partial charge in [-0.05, 0) is 17.4 Å². The third-order valence-electron chi connectivity index (χ3n) is 3.65. The number of aliphatic carboxylic acids is 1. The van der Waals surface area contributed by atoms with Gasteiger partial charge in [0.05, 0.1) is 12.0 Å². The van der Waals surface area contributed by atoms with Gasteiger partial charge >= 0.3 is 6.09 Å². The standard InChI is InChI=1S/C18H26N2O5/c1-11(2)14(16(21)19-15(12(3)4)17(22)23)20-18(24)25-10-13-8-6-5-7-9-13/h5-9,11-12,14-15H,10H2,1-4H3,(H,19,21)(H,20,24)(H,22,23)/p-1/t14-,15-/m0/s1. The van der Waals surface area contributed by atoms with Crippen molar-refractivity contribution in [2.45, 2.75) is 46.4 Å². The molecular formula is C18H25N2O5-. The average molecular weight is 349 g/mol. The lowest BCUT2D eigenvalue weighted by molar-refractivity contribution is -0.309. The topological polar surface area (TPSA) is 108 Å². The van der Waals surface area contributed by atoms with Gasteiger partial charge < -0.3 is 25.3 Å². The van der Waals surface area contributed by atoms with Gasteiger partial charge in [-0.15, -0.1) is 0 Å². The van der Waals surface area contributed by atoms with Crippen molar-refractivity contribution in [3.8, 4) is 0 Å². The number of carboxylic acid groups (broad SMARTS) is 1. The third-order valence-corrected chi connectivity index (χ3v) is 3.65. The Morgan fingerprint density at radius 2 is 1.52 bits per heavy atom. The van der Waals surface area contributed by atoms with Gasteiger partial charge in [0, 0.05) is 0 Å². The molecule has 2 amide bonds. The fraction of sp³-hybridized carbons (Fsp3) is 0.500. The molecule has 0 aliphatic carbocycles. The second-order valence-electron chi connectivity index (χ2n) is 6.48. The van der Waals surface area contributed by atoms with Crippen molar-refractivity contribution in [1.82, 2.24) is 10.6 Å². The molecule has 2 atom stereocenters. The molecule has 0 spiro atoms. The highest BCUT2D eigenvalue weighted by Gasteiger charge is 2.28. The summed E-state index contributed by atoms with van der Waals surface area (Å²) in [4.78, 5) is 35.4. The van der Waals surface area contributed by atoms with Gasteiger partial charge in [0.2, 0.25) is 5.91 Å². The first kappa shape index (κ1) is 20.5. The van der Waals surface area contributed by atoms with Crippen molar-refractivity contribution < 1.29 is 24.2 Å². The van der Waals surface area contributed by atoms with E-state index in [2.05, 4.69) is 10.6 Å². The van der Waals surface area contributed by atoms with Crippen molar-refractivity contribution in [2.75, 3.05) is 0 Å². The predicted molar refractivity (Wildman–Crippen MR) is 90.2 cm³/mol. The molecule has 7 nitrogen and oxygen atoms in total. The van der Waals surface area contributed by atoms with E-state index in [4.69, 9.17) is 4.74 Å². The maximum Gasteiger partial charge on any atom is 0.408 e. The molecule has 0 heterocycles. The lowest BCUT2D eigenvalue weighted by atomic mass is 10.0. The van der Waals surface area contributed by atoms with Crippen LogP contribution in [0.5, 0.6) is 0 Å². The lowest BCUT2D eigenvalue weighted by Crippen LogP contribution is -2.57. The van der Waals surface area contributed by atoms with Crippen LogP contribution in [-0.2, 0) is 20.9 Å². The second kappa shape index (κ2) is 9.66. The maximum atomic E-state index is 12.3. The summed E-state index contributed by atoms with van der Waals surface area (Å²) in [7, 11) is 0. The summed E-state index contributed by atoms with van der Waals surface area (Å²) in [5, 5.41) is 16.0. The normalized spacial score (nSPS) is 13.2. The summed E-state index contributed by atoms with van der Waals surface area (Å²) in [5.41, 5.74) is 0.819. The van der Waals surface area contributed by atoms with Crippen LogP contribution in [0.15, 0.2) is 30.3 Å². The third kappa shape index (κ3) is 6.82. The van der Waals surface area contributed by atoms with E-state index in [1.807, 2.05) is 30.3 Å². The molecular weight excluding hydrogens is 324 g/mol. The quantitative estimate of drug-likeness (QED) is 0.723. The summed E-state index contributed by atoms with van der Waals surface area (Å²) >= 11 is 0. The van der Waals surface area contributed by atoms with Gasteiger partial charge in [-0.25, -0.2) is 4.79 Å². The van der Waals surface area contributed by atoms with Gasteiger partial charge in [0.25, 0.3) is 0 Å². The highest BCUT2D eigenvalue weighted by Crippen LogP contribution is 2.07. The molecule has 0 saturated heterocycles. The van der Waals surface area contributed by atoms with Crippen molar-refractivity contribution >= 4 is 18.0 Å². The number of benzene rings is 1. The Labute approximate surface area is 147 Å². The smallest absolute Gasteiger partial charge is 0.408 e. The van der Waals surface area contributed by atoms with Crippen LogP contribution in [0.1, 0.15) is 33.3 Å². The molecule has 25 heavy (non-hydrogen) atoms. The fourth-order valence-corrected chi connectivity index (χ4v) is 2.17. The van der Waals surface area contributed by atoms with Crippen molar-refractivity contribution in [2.24, 2.45) is 11.8 Å². The van der Waals surface area contributed by atoms with Crippen LogP contribution in [0.3, 0.4) is 0 Å². The summed E-state index contributed by atoms with van der Waals surface area (Å²) in [6.45, 7) is 6.88. The minimum atomic E-state index is -1.36. The van der Waals surface area contributed by atoms with Crippen LogP contribution < -0.4 is 15.7 Å². The van der Waals surface area contributed by atoms with Gasteiger partial charge in [-0.3, -0.25) is 4.79 Å². The highest BCUT2D eigenvalue weighted by molar-refractivity contribution is 5.89. The molecule has 1 aromatic carbocycles. The summed E-state index contributed by atoms with van der Waals surface area (Å²) < 4.78 is 5.10. The zero-order chi connectivity index (χ0) is 19.0. The minimum Gasteiger partial charge on any atom is -0.548 e. The molecule has 0 saturated carbocycles. The predicted octanol–water partition coefficient (Wildman–Crippen LogP) is 0.828. The Morgan fingerprint density at radius 1 is 0.960 bits per heavy atom. The van der Waals surface area contributed by atoms with E-state index in [-0.39, 0.29) is 18.4 Å². The first-order valence-electron chi connectivity index (χ1n) is 8.20. The molecule has 2 N–H and O–H groups in total. The molecule has 138 valence electrons. The molecule has 0 aliphatic heterocycles. The van der Waals surface area contributed by atoms with Gasteiger partial charge in [-0.2, -0.15) is 0 Å². The molecule has 0 fully saturated rings. The SMILES string of the molecule is CC(C)[C@H](NC(=O)[C@@H](NC(=O)OCc1ccccc1)C(C)C)C(=O)[O-]. The molecule has 0 aliphatic rings. The summed E-state index contributed by atoms with van der Waals surface area (Å²) in [5.74, 6) is -2.54. The van der Waals surface area contributed by atoms with Crippen LogP contribution >= 0.6 is 0 Å². The Morgan fingerprint density at radius 3 is 2.00 bits per heavy atom. The number of carbonyl (C=O) groups is 3. The first-order chi connectivity index (χ1) is 11.7. The number of carbonyl (C=O) groups excluding carboxylic acids is 3. The number of rotatable bonds is 8. The molecule has 7 heteroatoms. The zero-order valence-corrected chi connectivity index (χ0v) is 14.9. The van der Waals surface area contributed by atoms with E-state index >= 15 is 0 Å². The van der Waals surface area contributed by atoms with Gasteiger partial charge in [0.1, 0.15) is 12.6 Å². The maximum absolute atomic E-state index is 12.3. The number of alkyl carbamates (subject to hydrolysis) is 1. The van der Waals surface area contributed by atoms with E-state index in [0.29, 0.717) is 0 Å². The number of nitrogens with one attached hydrogen (secondary N) is 2. The van der Waals surface area contributed by atoms with Gasteiger partial charge in [-0.1, -0.05) is 58.0 Å². The molecule has 0 unspecified atom stereocenters. The Hall–Kier alpha value is -2.57. The van der Waals surface area contributed by atoms with Crippen LogP contribution in [0, 0.1) is 11.8 Å². The molecule has 0 bridgehead atoms. The van der Waals surface area contributed by atoms with Crippen LogP contribution in [-0.4, -0.2) is 30.1 Å². The second-order valence-corrected chi connectivity index (χ2v) is 6.48. The number of ether oxygens (including phenoxy) is 1. The van der Waals surface area contributed by atoms with Crippen molar-refractivity contribution in [3.05, 3.63) is 35.9 Å². The van der Waals surface area contributed by atoms with E-state index in [1.54, 1.807) is 27.7 Å². The van der Waals surface area contributed by atoms with Crippen molar-refractivity contribution in [1.29, 1.82) is 0 Å². The number of amides is 2. The Bertz CT molecular complexity index is 586. The number of hydrogen-bond donors (Lipinski definition) is 2. The van der Waals surface area contributed by atoms with Crippen LogP contribution in [0.4, 0.5) is 4.79 Å². The van der Waals surface area contributed by atoms with E-state index in [1.165, 1.54) is 0 Å². The van der Waals surface area contributed by atoms with E-state index in [0.717, 1.165) is 5.56 Å². The van der Waals surface area contributed by atoms with Crippen LogP contribution in [0.25, 0.3) is 0 Å². The summed E-state index contributed by atoms with van der Waals surface area (Å²) in [6, 6.07) is 7.09. The molecule has 1 rings (SSSR count). The van der Waals surface area contributed by atoms with Crippen LogP contribution in [0.2, 0.25) is 0 Å². The first-order valence-corrected chi connectivity index (χ1v) is 8.20. The summed E-state index contributed by atoms with van der Waals surface area (Å²) in [6.07, 6.45) is -0.743.